The lowest BCUT2D eigenvalue weighted by Crippen LogP contribution is -2.43. The average Bonchev–Trinajstić information content (AvgIpc) is 3.44. The summed E-state index contributed by atoms with van der Waals surface area (Å²) in [5.74, 6) is 1.94. The lowest BCUT2D eigenvalue weighted by atomic mass is 10.2. The second-order valence-electron chi connectivity index (χ2n) is 7.84. The summed E-state index contributed by atoms with van der Waals surface area (Å²) in [4.78, 5) is 9.88. The summed E-state index contributed by atoms with van der Waals surface area (Å²) in [6.45, 7) is 7.97. The Morgan fingerprint density at radius 2 is 2.00 bits per heavy atom. The fraction of sp³-hybridized carbons (Fsp3) is 0.762. The van der Waals surface area contributed by atoms with Crippen molar-refractivity contribution in [2.45, 2.75) is 57.5 Å². The molecule has 0 aromatic carbocycles. The number of rotatable bonds is 9. The maximum absolute atomic E-state index is 5.71. The van der Waals surface area contributed by atoms with E-state index in [0.717, 1.165) is 57.0 Å². The Labute approximate surface area is 187 Å². The van der Waals surface area contributed by atoms with Gasteiger partial charge >= 0.3 is 0 Å². The van der Waals surface area contributed by atoms with Crippen molar-refractivity contribution in [2.24, 2.45) is 4.99 Å². The Balaban J connectivity index is 0.00000280. The van der Waals surface area contributed by atoms with Crippen molar-refractivity contribution in [2.75, 3.05) is 46.3 Å². The van der Waals surface area contributed by atoms with E-state index in [4.69, 9.17) is 9.41 Å². The van der Waals surface area contributed by atoms with Crippen molar-refractivity contribution >= 4 is 29.9 Å². The molecule has 7 heteroatoms. The molecule has 0 amide bonds. The fourth-order valence-corrected chi connectivity index (χ4v) is 4.32. The average molecular weight is 503 g/mol. The molecule has 1 saturated carbocycles. The Hall–Kier alpha value is -0.800. The molecule has 1 aromatic rings. The highest BCUT2D eigenvalue weighted by atomic mass is 127. The van der Waals surface area contributed by atoms with Crippen molar-refractivity contribution in [3.05, 3.63) is 24.2 Å². The second kappa shape index (κ2) is 12.7. The number of nitrogens with one attached hydrogen (secondary N) is 2. The zero-order valence-corrected chi connectivity index (χ0v) is 19.9. The van der Waals surface area contributed by atoms with Crippen LogP contribution in [0, 0.1) is 0 Å². The first-order valence-electron chi connectivity index (χ1n) is 10.8. The maximum atomic E-state index is 5.71. The third-order valence-corrected chi connectivity index (χ3v) is 5.92. The summed E-state index contributed by atoms with van der Waals surface area (Å²) in [5, 5.41) is 6.90. The molecule has 2 heterocycles. The van der Waals surface area contributed by atoms with Gasteiger partial charge in [-0.05, 0) is 64.9 Å². The third kappa shape index (κ3) is 6.91. The standard InChI is InChI=1S/C21H37N5O.HI/c1-3-22-21(23-12-15-25(2)18-9-4-5-10-18)24-17-19(20-11-8-16-27-20)26-13-6-7-14-26;/h8,11,16,18-19H,3-7,9-10,12-15,17H2,1-2H3,(H2,22,23,24);1H. The molecule has 6 nitrogen and oxygen atoms in total. The van der Waals surface area contributed by atoms with Gasteiger partial charge in [0.05, 0.1) is 18.8 Å². The minimum Gasteiger partial charge on any atom is -0.468 e. The topological polar surface area (TPSA) is 56.0 Å². The molecule has 1 aliphatic heterocycles. The van der Waals surface area contributed by atoms with Gasteiger partial charge in [-0.2, -0.15) is 0 Å². The molecule has 3 rings (SSSR count). The van der Waals surface area contributed by atoms with E-state index in [9.17, 15) is 0 Å². The highest BCUT2D eigenvalue weighted by Gasteiger charge is 2.25. The number of likely N-dealkylation sites (N-methyl/N-ethyl adjacent to an activating group) is 1. The first-order valence-corrected chi connectivity index (χ1v) is 10.8. The number of hydrogen-bond donors (Lipinski definition) is 2. The van der Waals surface area contributed by atoms with E-state index in [1.54, 1.807) is 6.26 Å². The fourth-order valence-electron chi connectivity index (χ4n) is 4.32. The molecule has 1 aliphatic carbocycles. The van der Waals surface area contributed by atoms with Crippen LogP contribution in [0.4, 0.5) is 0 Å². The first-order chi connectivity index (χ1) is 13.3. The van der Waals surface area contributed by atoms with E-state index in [0.29, 0.717) is 0 Å². The van der Waals surface area contributed by atoms with E-state index < -0.39 is 0 Å². The van der Waals surface area contributed by atoms with Crippen molar-refractivity contribution in [3.63, 3.8) is 0 Å². The van der Waals surface area contributed by atoms with Crippen molar-refractivity contribution in [1.29, 1.82) is 0 Å². The largest absolute Gasteiger partial charge is 0.468 e. The van der Waals surface area contributed by atoms with E-state index >= 15 is 0 Å². The summed E-state index contributed by atoms with van der Waals surface area (Å²) >= 11 is 0. The van der Waals surface area contributed by atoms with Gasteiger partial charge in [0.2, 0.25) is 0 Å². The van der Waals surface area contributed by atoms with Crippen molar-refractivity contribution in [3.8, 4) is 0 Å². The Bertz CT molecular complexity index is 553. The second-order valence-corrected chi connectivity index (χ2v) is 7.84. The van der Waals surface area contributed by atoms with Gasteiger partial charge in [0.25, 0.3) is 0 Å². The summed E-state index contributed by atoms with van der Waals surface area (Å²) in [7, 11) is 2.25. The molecule has 1 saturated heterocycles. The smallest absolute Gasteiger partial charge is 0.191 e. The van der Waals surface area contributed by atoms with E-state index in [-0.39, 0.29) is 30.0 Å². The van der Waals surface area contributed by atoms with Crippen LogP contribution < -0.4 is 10.6 Å². The Kier molecular flexibility index (Phi) is 10.6. The van der Waals surface area contributed by atoms with Gasteiger partial charge in [0.15, 0.2) is 5.96 Å². The molecular formula is C21H38IN5O. The van der Waals surface area contributed by atoms with E-state index in [1.807, 2.05) is 6.07 Å². The Morgan fingerprint density at radius 1 is 1.25 bits per heavy atom. The van der Waals surface area contributed by atoms with Gasteiger partial charge in [-0.3, -0.25) is 9.89 Å². The molecule has 2 N–H and O–H groups in total. The zero-order valence-electron chi connectivity index (χ0n) is 17.5. The van der Waals surface area contributed by atoms with Gasteiger partial charge in [-0.25, -0.2) is 0 Å². The molecule has 1 aromatic heterocycles. The van der Waals surface area contributed by atoms with E-state index in [2.05, 4.69) is 40.5 Å². The molecule has 0 bridgehead atoms. The lowest BCUT2D eigenvalue weighted by molar-refractivity contribution is 0.221. The van der Waals surface area contributed by atoms with Crippen LogP contribution in [0.2, 0.25) is 0 Å². The predicted molar refractivity (Wildman–Crippen MR) is 127 cm³/mol. The summed E-state index contributed by atoms with van der Waals surface area (Å²) < 4.78 is 5.71. The SMILES string of the molecule is CCNC(=NCC(c1ccco1)N1CCCC1)NCCN(C)C1CCCC1.I. The molecule has 2 aliphatic rings. The summed E-state index contributed by atoms with van der Waals surface area (Å²) in [6, 6.07) is 5.06. The zero-order chi connectivity index (χ0) is 18.9. The highest BCUT2D eigenvalue weighted by Crippen LogP contribution is 2.25. The normalized spacial score (nSPS) is 19.8. The maximum Gasteiger partial charge on any atom is 0.191 e. The van der Waals surface area contributed by atoms with Crippen LogP contribution in [0.1, 0.15) is 57.3 Å². The lowest BCUT2D eigenvalue weighted by Gasteiger charge is -2.25. The molecule has 0 spiro atoms. The highest BCUT2D eigenvalue weighted by molar-refractivity contribution is 14.0. The third-order valence-electron chi connectivity index (χ3n) is 5.92. The minimum absolute atomic E-state index is 0. The van der Waals surface area contributed by atoms with Gasteiger partial charge in [0.1, 0.15) is 5.76 Å². The predicted octanol–water partition coefficient (Wildman–Crippen LogP) is 3.46. The number of halogens is 1. The molecule has 1 atom stereocenters. The minimum atomic E-state index is 0. The van der Waals surface area contributed by atoms with Crippen molar-refractivity contribution < 1.29 is 4.42 Å². The van der Waals surface area contributed by atoms with Gasteiger partial charge in [-0.1, -0.05) is 12.8 Å². The molecule has 28 heavy (non-hydrogen) atoms. The number of furan rings is 1. The van der Waals surface area contributed by atoms with Crippen LogP contribution in [0.5, 0.6) is 0 Å². The molecule has 160 valence electrons. The number of likely N-dealkylation sites (tertiary alicyclic amines) is 1. The van der Waals surface area contributed by atoms with Crippen LogP contribution in [0.15, 0.2) is 27.8 Å². The monoisotopic (exact) mass is 503 g/mol. The molecule has 2 fully saturated rings. The number of hydrogen-bond acceptors (Lipinski definition) is 4. The van der Waals surface area contributed by atoms with Crippen molar-refractivity contribution in [1.82, 2.24) is 20.4 Å². The number of nitrogens with zero attached hydrogens (tertiary/aromatic N) is 3. The Morgan fingerprint density at radius 3 is 2.64 bits per heavy atom. The van der Waals surface area contributed by atoms with Crippen LogP contribution in [-0.2, 0) is 0 Å². The van der Waals surface area contributed by atoms with Crippen LogP contribution in [-0.4, -0.2) is 68.1 Å². The quantitative estimate of drug-likeness (QED) is 0.307. The van der Waals surface area contributed by atoms with Gasteiger partial charge in [-0.15, -0.1) is 24.0 Å². The van der Waals surface area contributed by atoms with Crippen LogP contribution in [0.3, 0.4) is 0 Å². The first kappa shape index (κ1) is 23.5. The van der Waals surface area contributed by atoms with Gasteiger partial charge < -0.3 is 20.0 Å². The summed E-state index contributed by atoms with van der Waals surface area (Å²) in [6.07, 6.45) is 9.79. The van der Waals surface area contributed by atoms with Gasteiger partial charge in [0, 0.05) is 25.7 Å². The van der Waals surface area contributed by atoms with Crippen LogP contribution in [0.25, 0.3) is 0 Å². The molecule has 0 radical (unpaired) electrons. The summed E-state index contributed by atoms with van der Waals surface area (Å²) in [5.41, 5.74) is 0. The number of guanidine groups is 1. The number of aliphatic imine (C=N–C) groups is 1. The molecule has 1 unspecified atom stereocenters. The molecular weight excluding hydrogens is 465 g/mol. The van der Waals surface area contributed by atoms with E-state index in [1.165, 1.54) is 38.5 Å². The van der Waals surface area contributed by atoms with Crippen LogP contribution >= 0.6 is 24.0 Å².